The molecule has 3 atom stereocenters. The number of nitrogens with one attached hydrogen (secondary N) is 1. The van der Waals surface area contributed by atoms with Crippen molar-refractivity contribution in [2.75, 3.05) is 13.1 Å². The van der Waals surface area contributed by atoms with Gasteiger partial charge in [0.2, 0.25) is 5.91 Å². The number of rotatable bonds is 3. The van der Waals surface area contributed by atoms with Gasteiger partial charge in [-0.1, -0.05) is 6.42 Å². The lowest BCUT2D eigenvalue weighted by atomic mass is 9.85. The molecule has 1 aliphatic heterocycles. The number of carbonyl (C=O) groups excluding carboxylic acids is 1. The van der Waals surface area contributed by atoms with Crippen molar-refractivity contribution in [2.45, 2.75) is 56.5 Å². The first-order chi connectivity index (χ1) is 10.1. The monoisotopic (exact) mass is 332 g/mol. The second-order valence-corrected chi connectivity index (χ2v) is 5.98. The van der Waals surface area contributed by atoms with Crippen LogP contribution in [0.2, 0.25) is 0 Å². The van der Waals surface area contributed by atoms with E-state index in [-0.39, 0.29) is 25.8 Å². The first kappa shape index (κ1) is 17.4. The van der Waals surface area contributed by atoms with Crippen LogP contribution in [0.25, 0.3) is 0 Å². The molecule has 2 rings (SSSR count). The number of likely N-dealkylation sites (tertiary alicyclic amines) is 1. The number of hydrogen-bond acceptors (Lipinski definition) is 2. The first-order valence-corrected chi connectivity index (χ1v) is 7.24. The molecule has 22 heavy (non-hydrogen) atoms. The van der Waals surface area contributed by atoms with Gasteiger partial charge in [0.25, 0.3) is 0 Å². The molecule has 1 heterocycles. The highest BCUT2D eigenvalue weighted by atomic mass is 19.4. The Kier molecular flexibility index (Phi) is 4.93. The quantitative estimate of drug-likeness (QED) is 0.806. The Balaban J connectivity index is 1.88. The summed E-state index contributed by atoms with van der Waals surface area (Å²) in [7, 11) is 0. The molecule has 0 radical (unpaired) electrons. The fourth-order valence-electron chi connectivity index (χ4n) is 3.19. The maximum atomic E-state index is 12.7. The van der Waals surface area contributed by atoms with Crippen LogP contribution in [0.4, 0.5) is 26.3 Å². The van der Waals surface area contributed by atoms with Gasteiger partial charge < -0.3 is 10.2 Å². The van der Waals surface area contributed by atoms with E-state index in [1.165, 1.54) is 0 Å². The van der Waals surface area contributed by atoms with Crippen molar-refractivity contribution >= 4 is 5.91 Å². The molecule has 1 aliphatic carbocycles. The largest absolute Gasteiger partial charge is 0.406 e. The molecule has 9 heteroatoms. The number of nitrogens with zero attached hydrogens (tertiary/aromatic N) is 1. The number of amides is 1. The Morgan fingerprint density at radius 1 is 1.09 bits per heavy atom. The summed E-state index contributed by atoms with van der Waals surface area (Å²) in [4.78, 5) is 12.6. The Labute approximate surface area is 124 Å². The molecule has 128 valence electrons. The van der Waals surface area contributed by atoms with Gasteiger partial charge in [0.15, 0.2) is 0 Å². The minimum atomic E-state index is -4.46. The zero-order valence-electron chi connectivity index (χ0n) is 11.8. The van der Waals surface area contributed by atoms with Crippen LogP contribution < -0.4 is 5.32 Å². The molecule has 2 aliphatic rings. The van der Waals surface area contributed by atoms with Gasteiger partial charge in [0, 0.05) is 12.6 Å². The maximum absolute atomic E-state index is 12.7. The fourth-order valence-corrected chi connectivity index (χ4v) is 3.19. The molecule has 2 fully saturated rings. The van der Waals surface area contributed by atoms with Crippen LogP contribution in [-0.4, -0.2) is 48.3 Å². The van der Waals surface area contributed by atoms with Gasteiger partial charge >= 0.3 is 12.4 Å². The molecule has 1 N–H and O–H groups in total. The molecule has 0 bridgehead atoms. The smallest absolute Gasteiger partial charge is 0.332 e. The summed E-state index contributed by atoms with van der Waals surface area (Å²) in [5.74, 6) is -2.08. The average Bonchev–Trinajstić information content (AvgIpc) is 2.69. The third-order valence-electron chi connectivity index (χ3n) is 4.24. The molecule has 0 aromatic rings. The highest BCUT2D eigenvalue weighted by Gasteiger charge is 2.44. The van der Waals surface area contributed by atoms with E-state index in [4.69, 9.17) is 0 Å². The highest BCUT2D eigenvalue weighted by Crippen LogP contribution is 2.37. The molecule has 0 aromatic carbocycles. The van der Waals surface area contributed by atoms with Crippen molar-refractivity contribution in [1.29, 1.82) is 0 Å². The van der Waals surface area contributed by atoms with Crippen LogP contribution in [0.5, 0.6) is 0 Å². The topological polar surface area (TPSA) is 32.3 Å². The van der Waals surface area contributed by atoms with Crippen LogP contribution in [0.1, 0.15) is 32.1 Å². The standard InChI is InChI=1S/C13H18F6N2O/c14-12(15,16)7-21-5-4-10(11(21)22)20-9-3-1-2-8(6-9)13(17,18)19/h8-10,20H,1-7H2/t8-,9+,10-/m1/s1. The molecule has 3 nitrogen and oxygen atoms in total. The van der Waals surface area contributed by atoms with Gasteiger partial charge in [0.05, 0.1) is 12.0 Å². The summed E-state index contributed by atoms with van der Waals surface area (Å²) >= 11 is 0. The van der Waals surface area contributed by atoms with Crippen LogP contribution in [0, 0.1) is 5.92 Å². The van der Waals surface area contributed by atoms with Crippen molar-refractivity contribution in [1.82, 2.24) is 10.2 Å². The van der Waals surface area contributed by atoms with E-state index in [0.717, 1.165) is 0 Å². The number of carbonyl (C=O) groups is 1. The van der Waals surface area contributed by atoms with Crippen molar-refractivity contribution in [3.05, 3.63) is 0 Å². The second-order valence-electron chi connectivity index (χ2n) is 5.98. The van der Waals surface area contributed by atoms with Crippen molar-refractivity contribution in [2.24, 2.45) is 5.92 Å². The molecule has 1 saturated heterocycles. The summed E-state index contributed by atoms with van der Waals surface area (Å²) in [6.45, 7) is -1.33. The van der Waals surface area contributed by atoms with Crippen LogP contribution in [0.15, 0.2) is 0 Å². The van der Waals surface area contributed by atoms with Crippen LogP contribution in [0.3, 0.4) is 0 Å². The molecule has 1 saturated carbocycles. The lowest BCUT2D eigenvalue weighted by Gasteiger charge is -2.32. The third kappa shape index (κ3) is 4.50. The van der Waals surface area contributed by atoms with Crippen molar-refractivity contribution in [3.63, 3.8) is 0 Å². The zero-order valence-corrected chi connectivity index (χ0v) is 11.8. The van der Waals surface area contributed by atoms with E-state index in [9.17, 15) is 31.1 Å². The predicted molar refractivity (Wildman–Crippen MR) is 66.0 cm³/mol. The predicted octanol–water partition coefficient (Wildman–Crippen LogP) is 2.86. The minimum Gasteiger partial charge on any atom is -0.332 e. The van der Waals surface area contributed by atoms with Gasteiger partial charge in [-0.05, 0) is 25.7 Å². The van der Waals surface area contributed by atoms with Gasteiger partial charge in [-0.25, -0.2) is 0 Å². The average molecular weight is 332 g/mol. The highest BCUT2D eigenvalue weighted by molar-refractivity contribution is 5.84. The molecule has 0 spiro atoms. The summed E-state index contributed by atoms with van der Waals surface area (Å²) in [5.41, 5.74) is 0. The molecular weight excluding hydrogens is 314 g/mol. The zero-order chi connectivity index (χ0) is 16.5. The van der Waals surface area contributed by atoms with Gasteiger partial charge in [-0.15, -0.1) is 0 Å². The van der Waals surface area contributed by atoms with E-state index in [1.807, 2.05) is 0 Å². The molecule has 1 amide bonds. The summed E-state index contributed by atoms with van der Waals surface area (Å²) in [6.07, 6.45) is -7.67. The molecule has 0 aromatic heterocycles. The van der Waals surface area contributed by atoms with Gasteiger partial charge in [0.1, 0.15) is 6.54 Å². The van der Waals surface area contributed by atoms with E-state index in [1.54, 1.807) is 0 Å². The first-order valence-electron chi connectivity index (χ1n) is 7.24. The second kappa shape index (κ2) is 6.25. The maximum Gasteiger partial charge on any atom is 0.406 e. The Bertz CT molecular complexity index is 408. The fraction of sp³-hybridized carbons (Fsp3) is 0.923. The van der Waals surface area contributed by atoms with Gasteiger partial charge in [-0.3, -0.25) is 4.79 Å². The lowest BCUT2D eigenvalue weighted by molar-refractivity contribution is -0.184. The van der Waals surface area contributed by atoms with E-state index in [2.05, 4.69) is 5.32 Å². The number of halogens is 6. The number of alkyl halides is 6. The van der Waals surface area contributed by atoms with Crippen molar-refractivity contribution < 1.29 is 31.1 Å². The summed E-state index contributed by atoms with van der Waals surface area (Å²) in [6, 6.07) is -1.28. The lowest BCUT2D eigenvalue weighted by Crippen LogP contribution is -2.47. The Morgan fingerprint density at radius 2 is 1.77 bits per heavy atom. The summed E-state index contributed by atoms with van der Waals surface area (Å²) < 4.78 is 75.1. The van der Waals surface area contributed by atoms with E-state index in [0.29, 0.717) is 17.7 Å². The number of hydrogen-bond donors (Lipinski definition) is 1. The van der Waals surface area contributed by atoms with E-state index >= 15 is 0 Å². The molecular formula is C13H18F6N2O. The minimum absolute atomic E-state index is 0.0224. The molecule has 0 unspecified atom stereocenters. The van der Waals surface area contributed by atoms with Crippen LogP contribution in [-0.2, 0) is 4.79 Å². The van der Waals surface area contributed by atoms with Crippen LogP contribution >= 0.6 is 0 Å². The Hall–Kier alpha value is -0.990. The Morgan fingerprint density at radius 3 is 2.36 bits per heavy atom. The SMILES string of the molecule is O=C1[C@H](N[C@H]2CCC[C@@H](C(F)(F)F)C2)CCN1CC(F)(F)F. The van der Waals surface area contributed by atoms with Gasteiger partial charge in [-0.2, -0.15) is 26.3 Å². The summed E-state index contributed by atoms with van der Waals surface area (Å²) in [5, 5.41) is 2.83. The van der Waals surface area contributed by atoms with E-state index < -0.39 is 42.8 Å². The van der Waals surface area contributed by atoms with Crippen molar-refractivity contribution in [3.8, 4) is 0 Å². The normalized spacial score (nSPS) is 30.9. The third-order valence-corrected chi connectivity index (χ3v) is 4.24.